The Morgan fingerprint density at radius 2 is 2.00 bits per heavy atom. The number of benzene rings is 2. The molecule has 0 saturated heterocycles. The summed E-state index contributed by atoms with van der Waals surface area (Å²) in [5.74, 6) is 0.781. The van der Waals surface area contributed by atoms with Crippen molar-refractivity contribution in [2.45, 2.75) is 13.0 Å². The third-order valence-corrected chi connectivity index (χ3v) is 3.39. The number of aromatic hydroxyl groups is 1. The maximum absolute atomic E-state index is 11.3. The van der Waals surface area contributed by atoms with Crippen LogP contribution in [0.2, 0.25) is 0 Å². The smallest absolute Gasteiger partial charge is 0.262 e. The molecule has 0 spiro atoms. The molecular weight excluding hydrogens is 268 g/mol. The molecule has 5 nitrogen and oxygen atoms in total. The normalized spacial score (nSPS) is 14.6. The van der Waals surface area contributed by atoms with Gasteiger partial charge in [-0.05, 0) is 42.8 Å². The Kier molecular flexibility index (Phi) is 3.39. The number of amides is 1. The minimum atomic E-state index is -0.147. The maximum Gasteiger partial charge on any atom is 0.262 e. The Bertz CT molecular complexity index is 668. The third-order valence-electron chi connectivity index (χ3n) is 3.39. The SMILES string of the molecule is CC(Nc1ccc2c(c1)NC(=O)CO2)c1ccc(O)cc1. The first-order chi connectivity index (χ1) is 10.1. The number of anilines is 2. The number of ether oxygens (including phenoxy) is 1. The molecule has 1 heterocycles. The molecule has 1 unspecified atom stereocenters. The second-order valence-electron chi connectivity index (χ2n) is 5.01. The van der Waals surface area contributed by atoms with Gasteiger partial charge in [0, 0.05) is 11.7 Å². The molecule has 5 heteroatoms. The van der Waals surface area contributed by atoms with Gasteiger partial charge in [0.25, 0.3) is 5.91 Å². The number of hydrogen-bond donors (Lipinski definition) is 3. The Morgan fingerprint density at radius 1 is 1.24 bits per heavy atom. The van der Waals surface area contributed by atoms with Crippen LogP contribution in [-0.2, 0) is 4.79 Å². The molecule has 2 aromatic rings. The summed E-state index contributed by atoms with van der Waals surface area (Å²) in [7, 11) is 0. The highest BCUT2D eigenvalue weighted by molar-refractivity contribution is 5.96. The van der Waals surface area contributed by atoms with Gasteiger partial charge in [0.2, 0.25) is 0 Å². The van der Waals surface area contributed by atoms with Gasteiger partial charge in [0.05, 0.1) is 5.69 Å². The molecule has 0 aliphatic carbocycles. The Morgan fingerprint density at radius 3 is 2.76 bits per heavy atom. The molecule has 0 saturated carbocycles. The first-order valence-electron chi connectivity index (χ1n) is 6.74. The largest absolute Gasteiger partial charge is 0.508 e. The molecule has 2 aromatic carbocycles. The summed E-state index contributed by atoms with van der Waals surface area (Å²) >= 11 is 0. The van der Waals surface area contributed by atoms with Gasteiger partial charge in [-0.15, -0.1) is 0 Å². The van der Waals surface area contributed by atoms with Crippen LogP contribution in [0.1, 0.15) is 18.5 Å². The van der Waals surface area contributed by atoms with Gasteiger partial charge in [0.1, 0.15) is 11.5 Å². The van der Waals surface area contributed by atoms with Crippen molar-refractivity contribution in [1.82, 2.24) is 0 Å². The first-order valence-corrected chi connectivity index (χ1v) is 6.74. The zero-order valence-corrected chi connectivity index (χ0v) is 11.6. The van der Waals surface area contributed by atoms with Crippen LogP contribution < -0.4 is 15.4 Å². The number of fused-ring (bicyclic) bond motifs is 1. The molecule has 3 N–H and O–H groups in total. The molecule has 3 rings (SSSR count). The van der Waals surface area contributed by atoms with Crippen molar-refractivity contribution in [3.05, 3.63) is 48.0 Å². The lowest BCUT2D eigenvalue weighted by atomic mass is 10.1. The molecule has 1 aliphatic heterocycles. The summed E-state index contributed by atoms with van der Waals surface area (Å²) in [6.07, 6.45) is 0. The van der Waals surface area contributed by atoms with Crippen molar-refractivity contribution in [1.29, 1.82) is 0 Å². The predicted octanol–water partition coefficient (Wildman–Crippen LogP) is 2.90. The summed E-state index contributed by atoms with van der Waals surface area (Å²) < 4.78 is 5.33. The molecule has 1 aliphatic rings. The van der Waals surface area contributed by atoms with Crippen molar-refractivity contribution in [2.24, 2.45) is 0 Å². The van der Waals surface area contributed by atoms with E-state index in [9.17, 15) is 9.90 Å². The summed E-state index contributed by atoms with van der Waals surface area (Å²) in [4.78, 5) is 11.3. The number of hydrogen-bond acceptors (Lipinski definition) is 4. The van der Waals surface area contributed by atoms with Gasteiger partial charge in [-0.3, -0.25) is 4.79 Å². The van der Waals surface area contributed by atoms with Gasteiger partial charge in [-0.25, -0.2) is 0 Å². The van der Waals surface area contributed by atoms with Crippen LogP contribution in [0.4, 0.5) is 11.4 Å². The van der Waals surface area contributed by atoms with E-state index in [0.717, 1.165) is 11.3 Å². The predicted molar refractivity (Wildman–Crippen MR) is 80.7 cm³/mol. The van der Waals surface area contributed by atoms with Crippen LogP contribution in [0.5, 0.6) is 11.5 Å². The lowest BCUT2D eigenvalue weighted by Crippen LogP contribution is -2.25. The molecule has 0 fully saturated rings. The zero-order valence-electron chi connectivity index (χ0n) is 11.6. The molecule has 0 aromatic heterocycles. The van der Waals surface area contributed by atoms with E-state index in [2.05, 4.69) is 10.6 Å². The first kappa shape index (κ1) is 13.3. The second kappa shape index (κ2) is 5.36. The monoisotopic (exact) mass is 284 g/mol. The highest BCUT2D eigenvalue weighted by Crippen LogP contribution is 2.31. The van der Waals surface area contributed by atoms with Crippen molar-refractivity contribution >= 4 is 17.3 Å². The molecule has 0 bridgehead atoms. The number of carbonyl (C=O) groups is 1. The van der Waals surface area contributed by atoms with E-state index in [1.54, 1.807) is 12.1 Å². The van der Waals surface area contributed by atoms with E-state index in [1.807, 2.05) is 37.3 Å². The number of phenols is 1. The second-order valence-corrected chi connectivity index (χ2v) is 5.01. The van der Waals surface area contributed by atoms with Gasteiger partial charge in [-0.2, -0.15) is 0 Å². The van der Waals surface area contributed by atoms with E-state index in [-0.39, 0.29) is 24.3 Å². The standard InChI is InChI=1S/C16H16N2O3/c1-10(11-2-5-13(19)6-3-11)17-12-4-7-15-14(8-12)18-16(20)9-21-15/h2-8,10,17,19H,9H2,1H3,(H,18,20). The summed E-state index contributed by atoms with van der Waals surface area (Å²) in [5.41, 5.74) is 2.63. The maximum atomic E-state index is 11.3. The lowest BCUT2D eigenvalue weighted by Gasteiger charge is -2.21. The Balaban J connectivity index is 1.77. The summed E-state index contributed by atoms with van der Waals surface area (Å²) in [5, 5.41) is 15.4. The van der Waals surface area contributed by atoms with Crippen molar-refractivity contribution in [2.75, 3.05) is 17.2 Å². The summed E-state index contributed by atoms with van der Waals surface area (Å²) in [6.45, 7) is 2.09. The molecule has 108 valence electrons. The van der Waals surface area contributed by atoms with Crippen LogP contribution in [0, 0.1) is 0 Å². The van der Waals surface area contributed by atoms with E-state index in [4.69, 9.17) is 4.74 Å². The number of carbonyl (C=O) groups excluding carboxylic acids is 1. The van der Waals surface area contributed by atoms with Crippen LogP contribution >= 0.6 is 0 Å². The van der Waals surface area contributed by atoms with Gasteiger partial charge >= 0.3 is 0 Å². The molecule has 1 amide bonds. The highest BCUT2D eigenvalue weighted by Gasteiger charge is 2.16. The van der Waals surface area contributed by atoms with Crippen LogP contribution in [0.15, 0.2) is 42.5 Å². The third kappa shape index (κ3) is 2.91. The lowest BCUT2D eigenvalue weighted by molar-refractivity contribution is -0.118. The van der Waals surface area contributed by atoms with Crippen LogP contribution in [-0.4, -0.2) is 17.6 Å². The van der Waals surface area contributed by atoms with Gasteiger partial charge < -0.3 is 20.5 Å². The minimum absolute atomic E-state index is 0.0592. The van der Waals surface area contributed by atoms with Crippen molar-refractivity contribution in [3.63, 3.8) is 0 Å². The number of phenolic OH excluding ortho intramolecular Hbond substituents is 1. The van der Waals surface area contributed by atoms with Crippen LogP contribution in [0.25, 0.3) is 0 Å². The van der Waals surface area contributed by atoms with Gasteiger partial charge in [0.15, 0.2) is 6.61 Å². The fraction of sp³-hybridized carbons (Fsp3) is 0.188. The van der Waals surface area contributed by atoms with E-state index >= 15 is 0 Å². The number of nitrogens with one attached hydrogen (secondary N) is 2. The van der Waals surface area contributed by atoms with E-state index in [0.29, 0.717) is 11.4 Å². The topological polar surface area (TPSA) is 70.6 Å². The number of rotatable bonds is 3. The molecule has 21 heavy (non-hydrogen) atoms. The zero-order chi connectivity index (χ0) is 14.8. The quantitative estimate of drug-likeness (QED) is 0.810. The van der Waals surface area contributed by atoms with Crippen molar-refractivity contribution < 1.29 is 14.6 Å². The van der Waals surface area contributed by atoms with E-state index in [1.165, 1.54) is 0 Å². The highest BCUT2D eigenvalue weighted by atomic mass is 16.5. The van der Waals surface area contributed by atoms with Gasteiger partial charge in [-0.1, -0.05) is 12.1 Å². The molecule has 0 radical (unpaired) electrons. The van der Waals surface area contributed by atoms with E-state index < -0.39 is 0 Å². The van der Waals surface area contributed by atoms with Crippen LogP contribution in [0.3, 0.4) is 0 Å². The Labute approximate surface area is 122 Å². The molecule has 1 atom stereocenters. The average Bonchev–Trinajstić information content (AvgIpc) is 2.47. The fourth-order valence-corrected chi connectivity index (χ4v) is 2.27. The molecular formula is C16H16N2O3. The summed E-state index contributed by atoms with van der Waals surface area (Å²) in [6, 6.07) is 12.7. The fourth-order valence-electron chi connectivity index (χ4n) is 2.27. The Hall–Kier alpha value is -2.69. The minimum Gasteiger partial charge on any atom is -0.508 e. The van der Waals surface area contributed by atoms with Crippen molar-refractivity contribution in [3.8, 4) is 11.5 Å². The average molecular weight is 284 g/mol.